The van der Waals surface area contributed by atoms with Gasteiger partial charge in [-0.1, -0.05) is 11.8 Å². The smallest absolute Gasteiger partial charge is 0.272 e. The number of carbonyl (C=O) groups is 1. The van der Waals surface area contributed by atoms with Crippen LogP contribution in [0.1, 0.15) is 27.7 Å². The van der Waals surface area contributed by atoms with Gasteiger partial charge in [0.05, 0.1) is 13.1 Å². The normalized spacial score (nSPS) is 9.86. The van der Waals surface area contributed by atoms with Crippen LogP contribution in [0.5, 0.6) is 0 Å². The van der Waals surface area contributed by atoms with Gasteiger partial charge >= 0.3 is 0 Å². The lowest BCUT2D eigenvalue weighted by Gasteiger charge is -2.14. The topological polar surface area (TPSA) is 101 Å². The minimum absolute atomic E-state index is 0.198. The van der Waals surface area contributed by atoms with E-state index in [1.165, 1.54) is 4.90 Å². The Hall–Kier alpha value is -2.72. The molecule has 0 fully saturated rings. The number of rotatable bonds is 3. The summed E-state index contributed by atoms with van der Waals surface area (Å²) in [6.45, 7) is 2.42. The molecule has 0 aliphatic rings. The summed E-state index contributed by atoms with van der Waals surface area (Å²) in [5, 5.41) is 6.74. The van der Waals surface area contributed by atoms with Crippen LogP contribution >= 0.6 is 0 Å². The number of aryl methyl sites for hydroxylation is 1. The van der Waals surface area contributed by atoms with Crippen molar-refractivity contribution in [3.63, 3.8) is 0 Å². The minimum atomic E-state index is -0.198. The van der Waals surface area contributed by atoms with Crippen LogP contribution in [-0.2, 0) is 6.54 Å². The van der Waals surface area contributed by atoms with Crippen LogP contribution in [0.25, 0.3) is 0 Å². The summed E-state index contributed by atoms with van der Waals surface area (Å²) in [6, 6.07) is 3.39. The van der Waals surface area contributed by atoms with Gasteiger partial charge in [-0.25, -0.2) is 9.97 Å². The number of carbonyl (C=O) groups excluding carboxylic acids is 1. The molecule has 0 aromatic carbocycles. The second-order valence-electron chi connectivity index (χ2n) is 4.44. The fourth-order valence-corrected chi connectivity index (χ4v) is 1.69. The van der Waals surface area contributed by atoms with Crippen LogP contribution in [0.4, 0.5) is 0 Å². The summed E-state index contributed by atoms with van der Waals surface area (Å²) in [4.78, 5) is 22.0. The van der Waals surface area contributed by atoms with Crippen molar-refractivity contribution in [3.8, 4) is 11.8 Å². The van der Waals surface area contributed by atoms with Crippen molar-refractivity contribution in [2.75, 3.05) is 13.6 Å². The Morgan fingerprint density at radius 1 is 1.48 bits per heavy atom. The zero-order valence-corrected chi connectivity index (χ0v) is 11.9. The van der Waals surface area contributed by atoms with Gasteiger partial charge < -0.3 is 10.6 Å². The molecule has 0 bridgehead atoms. The molecule has 7 heteroatoms. The Kier molecular flexibility index (Phi) is 4.64. The van der Waals surface area contributed by atoms with Crippen molar-refractivity contribution >= 4 is 5.91 Å². The van der Waals surface area contributed by atoms with Crippen molar-refractivity contribution in [2.45, 2.75) is 13.5 Å². The monoisotopic (exact) mass is 284 g/mol. The number of aromatic amines is 1. The fraction of sp³-hybridized carbons (Fsp3) is 0.286. The number of nitrogens with two attached hydrogens (primary N) is 1. The first-order chi connectivity index (χ1) is 10.1. The zero-order valence-electron chi connectivity index (χ0n) is 11.9. The van der Waals surface area contributed by atoms with Crippen molar-refractivity contribution in [3.05, 3.63) is 41.2 Å². The van der Waals surface area contributed by atoms with E-state index in [1.807, 2.05) is 0 Å². The van der Waals surface area contributed by atoms with Crippen LogP contribution < -0.4 is 5.73 Å². The fourth-order valence-electron chi connectivity index (χ4n) is 1.69. The van der Waals surface area contributed by atoms with Gasteiger partial charge in [-0.2, -0.15) is 5.10 Å². The Bertz CT molecular complexity index is 679. The maximum atomic E-state index is 12.2. The average molecular weight is 284 g/mol. The number of nitrogens with one attached hydrogen (secondary N) is 1. The molecule has 0 aliphatic carbocycles. The van der Waals surface area contributed by atoms with Gasteiger partial charge in [0.2, 0.25) is 0 Å². The third-order valence-electron chi connectivity index (χ3n) is 2.69. The van der Waals surface area contributed by atoms with Gasteiger partial charge in [-0.15, -0.1) is 0 Å². The Labute approximate surface area is 122 Å². The SMILES string of the molecule is Cc1nc(CN(C)C(=O)c2ccc(C#CCN)cn2)n[nH]1. The second kappa shape index (κ2) is 6.63. The molecule has 2 aromatic rings. The first-order valence-electron chi connectivity index (χ1n) is 6.38. The summed E-state index contributed by atoms with van der Waals surface area (Å²) in [7, 11) is 1.68. The Balaban J connectivity index is 2.05. The molecule has 108 valence electrons. The number of nitrogens with zero attached hydrogens (tertiary/aromatic N) is 4. The molecule has 1 amide bonds. The lowest BCUT2D eigenvalue weighted by atomic mass is 10.2. The van der Waals surface area contributed by atoms with Gasteiger partial charge in [0.1, 0.15) is 11.5 Å². The number of H-pyrrole nitrogens is 1. The van der Waals surface area contributed by atoms with Crippen molar-refractivity contribution in [1.82, 2.24) is 25.1 Å². The molecule has 0 unspecified atom stereocenters. The molecule has 0 spiro atoms. The third kappa shape index (κ3) is 3.87. The molecule has 2 rings (SSSR count). The van der Waals surface area contributed by atoms with Crippen LogP contribution in [0, 0.1) is 18.8 Å². The van der Waals surface area contributed by atoms with E-state index < -0.39 is 0 Å². The van der Waals surface area contributed by atoms with Crippen LogP contribution in [-0.4, -0.2) is 44.6 Å². The number of aromatic nitrogens is 4. The summed E-state index contributed by atoms with van der Waals surface area (Å²) in [5.74, 6) is 6.67. The molecular weight excluding hydrogens is 268 g/mol. The number of hydrogen-bond acceptors (Lipinski definition) is 5. The minimum Gasteiger partial charge on any atom is -0.333 e. The number of hydrogen-bond donors (Lipinski definition) is 2. The van der Waals surface area contributed by atoms with Crippen molar-refractivity contribution < 1.29 is 4.79 Å². The lowest BCUT2D eigenvalue weighted by Crippen LogP contribution is -2.27. The predicted octanol–water partition coefficient (Wildman–Crippen LogP) is 0.0905. The van der Waals surface area contributed by atoms with Crippen LogP contribution in [0.2, 0.25) is 0 Å². The highest BCUT2D eigenvalue weighted by Crippen LogP contribution is 2.05. The van der Waals surface area contributed by atoms with Gasteiger partial charge in [0.15, 0.2) is 5.82 Å². The molecular formula is C14H16N6O. The van der Waals surface area contributed by atoms with Crippen LogP contribution in [0.15, 0.2) is 18.3 Å². The van der Waals surface area contributed by atoms with Crippen molar-refractivity contribution in [2.24, 2.45) is 5.73 Å². The maximum Gasteiger partial charge on any atom is 0.272 e. The van der Waals surface area contributed by atoms with Crippen molar-refractivity contribution in [1.29, 1.82) is 0 Å². The first kappa shape index (κ1) is 14.7. The van der Waals surface area contributed by atoms with Gasteiger partial charge in [-0.05, 0) is 19.1 Å². The average Bonchev–Trinajstić information content (AvgIpc) is 2.90. The Morgan fingerprint density at radius 3 is 2.86 bits per heavy atom. The van der Waals surface area contributed by atoms with E-state index in [0.29, 0.717) is 30.4 Å². The van der Waals surface area contributed by atoms with Gasteiger partial charge in [0.25, 0.3) is 5.91 Å². The standard InChI is InChI=1S/C14H16N6O/c1-10-17-13(19-18-10)9-20(2)14(21)12-6-5-11(8-16-12)4-3-7-15/h5-6,8H,7,9,15H2,1-2H3,(H,17,18,19). The summed E-state index contributed by atoms with van der Waals surface area (Å²) < 4.78 is 0. The molecule has 0 atom stereocenters. The highest BCUT2D eigenvalue weighted by atomic mass is 16.2. The highest BCUT2D eigenvalue weighted by Gasteiger charge is 2.15. The first-order valence-corrected chi connectivity index (χ1v) is 6.38. The van der Waals surface area contributed by atoms with Crippen LogP contribution in [0.3, 0.4) is 0 Å². The van der Waals surface area contributed by atoms with E-state index >= 15 is 0 Å². The highest BCUT2D eigenvalue weighted by molar-refractivity contribution is 5.92. The lowest BCUT2D eigenvalue weighted by molar-refractivity contribution is 0.0776. The molecule has 7 nitrogen and oxygen atoms in total. The number of pyridine rings is 1. The van der Waals surface area contributed by atoms with E-state index in [-0.39, 0.29) is 5.91 Å². The van der Waals surface area contributed by atoms with Gasteiger partial charge in [0, 0.05) is 18.8 Å². The summed E-state index contributed by atoms with van der Waals surface area (Å²) >= 11 is 0. The Morgan fingerprint density at radius 2 is 2.29 bits per heavy atom. The van der Waals surface area contributed by atoms with E-state index in [0.717, 1.165) is 5.56 Å². The quantitative estimate of drug-likeness (QED) is 0.778. The van der Waals surface area contributed by atoms with E-state index in [2.05, 4.69) is 32.0 Å². The molecule has 2 heterocycles. The summed E-state index contributed by atoms with van der Waals surface area (Å²) in [6.07, 6.45) is 1.56. The van der Waals surface area contributed by atoms with E-state index in [4.69, 9.17) is 5.73 Å². The molecule has 0 radical (unpaired) electrons. The maximum absolute atomic E-state index is 12.2. The molecule has 0 aliphatic heterocycles. The molecule has 21 heavy (non-hydrogen) atoms. The summed E-state index contributed by atoms with van der Waals surface area (Å²) in [5.41, 5.74) is 6.38. The molecule has 2 aromatic heterocycles. The zero-order chi connectivity index (χ0) is 15.2. The number of amides is 1. The molecule has 0 saturated heterocycles. The third-order valence-corrected chi connectivity index (χ3v) is 2.69. The largest absolute Gasteiger partial charge is 0.333 e. The van der Waals surface area contributed by atoms with Gasteiger partial charge in [-0.3, -0.25) is 9.89 Å². The molecule has 0 saturated carbocycles. The second-order valence-corrected chi connectivity index (χ2v) is 4.44. The molecule has 3 N–H and O–H groups in total. The van der Waals surface area contributed by atoms with E-state index in [1.54, 1.807) is 32.3 Å². The predicted molar refractivity (Wildman–Crippen MR) is 77.1 cm³/mol. The van der Waals surface area contributed by atoms with E-state index in [9.17, 15) is 4.79 Å².